The SMILES string of the molecule is COc1ccc(C2C3=C(CC(c4ccccc4Cl)CC3=O)OC(=N)C2C#N)cc1. The summed E-state index contributed by atoms with van der Waals surface area (Å²) in [4.78, 5) is 13.2. The molecule has 0 spiro atoms. The second-order valence-corrected chi connectivity index (χ2v) is 7.62. The highest BCUT2D eigenvalue weighted by Crippen LogP contribution is 2.47. The van der Waals surface area contributed by atoms with E-state index < -0.39 is 11.8 Å². The Balaban J connectivity index is 1.78. The minimum atomic E-state index is -0.844. The number of carbonyl (C=O) groups is 1. The van der Waals surface area contributed by atoms with Crippen molar-refractivity contribution >= 4 is 23.3 Å². The molecule has 0 amide bonds. The van der Waals surface area contributed by atoms with Gasteiger partial charge in [0, 0.05) is 29.4 Å². The van der Waals surface area contributed by atoms with Gasteiger partial charge in [0.15, 0.2) is 5.78 Å². The zero-order valence-corrected chi connectivity index (χ0v) is 16.6. The second kappa shape index (κ2) is 7.73. The Kier molecular flexibility index (Phi) is 5.12. The molecule has 0 aromatic heterocycles. The third kappa shape index (κ3) is 3.41. The summed E-state index contributed by atoms with van der Waals surface area (Å²) in [6.45, 7) is 0. The first-order valence-corrected chi connectivity index (χ1v) is 9.71. The van der Waals surface area contributed by atoms with E-state index in [0.717, 1.165) is 11.1 Å². The van der Waals surface area contributed by atoms with Crippen LogP contribution in [-0.4, -0.2) is 18.8 Å². The summed E-state index contributed by atoms with van der Waals surface area (Å²) in [5.41, 5.74) is 2.19. The number of nitriles is 1. The molecule has 29 heavy (non-hydrogen) atoms. The maximum Gasteiger partial charge on any atom is 0.205 e. The number of benzene rings is 2. The van der Waals surface area contributed by atoms with Gasteiger partial charge in [-0.2, -0.15) is 5.26 Å². The molecule has 2 aromatic rings. The third-order valence-corrected chi connectivity index (χ3v) is 5.93. The van der Waals surface area contributed by atoms with E-state index in [1.54, 1.807) is 25.3 Å². The van der Waals surface area contributed by atoms with Crippen LogP contribution in [-0.2, 0) is 9.53 Å². The summed E-state index contributed by atoms with van der Waals surface area (Å²) in [5, 5.41) is 18.6. The molecule has 2 aliphatic rings. The van der Waals surface area contributed by atoms with Gasteiger partial charge in [0.05, 0.1) is 13.2 Å². The van der Waals surface area contributed by atoms with E-state index in [1.165, 1.54) is 0 Å². The number of allylic oxidation sites excluding steroid dienone is 2. The first-order chi connectivity index (χ1) is 14.0. The fraction of sp³-hybridized carbons (Fsp3) is 0.261. The van der Waals surface area contributed by atoms with Gasteiger partial charge in [-0.25, -0.2) is 0 Å². The Morgan fingerprint density at radius 1 is 1.17 bits per heavy atom. The summed E-state index contributed by atoms with van der Waals surface area (Å²) in [5.74, 6) is -0.511. The summed E-state index contributed by atoms with van der Waals surface area (Å²) in [6.07, 6.45) is 0.766. The molecule has 146 valence electrons. The Morgan fingerprint density at radius 2 is 1.90 bits per heavy atom. The molecule has 0 radical (unpaired) electrons. The summed E-state index contributed by atoms with van der Waals surface area (Å²) in [6, 6.07) is 16.9. The van der Waals surface area contributed by atoms with Gasteiger partial charge in [0.1, 0.15) is 17.4 Å². The number of nitrogens with zero attached hydrogens (tertiary/aromatic N) is 1. The van der Waals surface area contributed by atoms with Crippen LogP contribution in [0.15, 0.2) is 59.9 Å². The van der Waals surface area contributed by atoms with Crippen LogP contribution >= 0.6 is 11.6 Å². The first kappa shape index (κ1) is 19.2. The number of carbonyl (C=O) groups excluding carboxylic acids is 1. The third-order valence-electron chi connectivity index (χ3n) is 5.58. The second-order valence-electron chi connectivity index (χ2n) is 7.21. The monoisotopic (exact) mass is 406 g/mol. The van der Waals surface area contributed by atoms with E-state index in [-0.39, 0.29) is 17.6 Å². The smallest absolute Gasteiger partial charge is 0.205 e. The lowest BCUT2D eigenvalue weighted by molar-refractivity contribution is -0.117. The van der Waals surface area contributed by atoms with Crippen molar-refractivity contribution in [1.29, 1.82) is 10.7 Å². The molecule has 3 atom stereocenters. The summed E-state index contributed by atoms with van der Waals surface area (Å²) < 4.78 is 10.9. The number of nitrogens with one attached hydrogen (secondary N) is 1. The van der Waals surface area contributed by atoms with Crippen LogP contribution in [0.3, 0.4) is 0 Å². The molecule has 1 aliphatic carbocycles. The highest BCUT2D eigenvalue weighted by molar-refractivity contribution is 6.31. The molecular weight excluding hydrogens is 388 g/mol. The zero-order valence-electron chi connectivity index (χ0n) is 15.8. The van der Waals surface area contributed by atoms with Gasteiger partial charge in [-0.15, -0.1) is 0 Å². The molecule has 3 unspecified atom stereocenters. The van der Waals surface area contributed by atoms with Gasteiger partial charge >= 0.3 is 0 Å². The Morgan fingerprint density at radius 3 is 2.55 bits per heavy atom. The van der Waals surface area contributed by atoms with Crippen molar-refractivity contribution in [3.63, 3.8) is 0 Å². The van der Waals surface area contributed by atoms with Crippen LogP contribution in [0.4, 0.5) is 0 Å². The number of rotatable bonds is 3. The van der Waals surface area contributed by atoms with E-state index in [2.05, 4.69) is 6.07 Å². The van der Waals surface area contributed by atoms with E-state index in [4.69, 9.17) is 26.5 Å². The number of hydrogen-bond acceptors (Lipinski definition) is 5. The quantitative estimate of drug-likeness (QED) is 0.779. The highest BCUT2D eigenvalue weighted by atomic mass is 35.5. The van der Waals surface area contributed by atoms with Crippen molar-refractivity contribution in [3.05, 3.63) is 76.0 Å². The van der Waals surface area contributed by atoms with Gasteiger partial charge in [-0.05, 0) is 35.2 Å². The lowest BCUT2D eigenvalue weighted by Crippen LogP contribution is -2.36. The number of halogens is 1. The van der Waals surface area contributed by atoms with Crippen LogP contribution in [0.25, 0.3) is 0 Å². The van der Waals surface area contributed by atoms with Crippen molar-refractivity contribution in [2.45, 2.75) is 24.7 Å². The lowest BCUT2D eigenvalue weighted by Gasteiger charge is -2.36. The fourth-order valence-corrected chi connectivity index (χ4v) is 4.47. The Labute approximate surface area is 174 Å². The topological polar surface area (TPSA) is 83.2 Å². The van der Waals surface area contributed by atoms with Crippen molar-refractivity contribution < 1.29 is 14.3 Å². The molecule has 4 rings (SSSR count). The molecule has 6 heteroatoms. The van der Waals surface area contributed by atoms with Gasteiger partial charge in [0.2, 0.25) is 5.90 Å². The summed E-state index contributed by atoms with van der Waals surface area (Å²) >= 11 is 6.34. The van der Waals surface area contributed by atoms with Crippen LogP contribution in [0, 0.1) is 22.7 Å². The molecule has 1 aliphatic heterocycles. The number of ether oxygens (including phenoxy) is 2. The Bertz CT molecular complexity index is 1050. The molecule has 0 fully saturated rings. The number of hydrogen-bond donors (Lipinski definition) is 1. The van der Waals surface area contributed by atoms with E-state index in [9.17, 15) is 10.1 Å². The average molecular weight is 407 g/mol. The minimum Gasteiger partial charge on any atom is -0.497 e. The van der Waals surface area contributed by atoms with Gasteiger partial charge in [-0.3, -0.25) is 10.2 Å². The summed E-state index contributed by atoms with van der Waals surface area (Å²) in [7, 11) is 1.58. The van der Waals surface area contributed by atoms with E-state index in [0.29, 0.717) is 34.9 Å². The van der Waals surface area contributed by atoms with Crippen molar-refractivity contribution in [2.24, 2.45) is 5.92 Å². The van der Waals surface area contributed by atoms with Crippen molar-refractivity contribution in [3.8, 4) is 11.8 Å². The van der Waals surface area contributed by atoms with Gasteiger partial charge < -0.3 is 9.47 Å². The van der Waals surface area contributed by atoms with Crippen molar-refractivity contribution in [2.75, 3.05) is 7.11 Å². The average Bonchev–Trinajstić information content (AvgIpc) is 2.73. The number of Topliss-reactive ketones (excluding diaryl/α,β-unsaturated/α-hetero) is 1. The predicted octanol–water partition coefficient (Wildman–Crippen LogP) is 4.98. The highest BCUT2D eigenvalue weighted by Gasteiger charge is 2.44. The van der Waals surface area contributed by atoms with Crippen LogP contribution in [0.1, 0.15) is 35.8 Å². The Hall–Kier alpha value is -3.10. The normalized spacial score (nSPS) is 23.8. The predicted molar refractivity (Wildman–Crippen MR) is 109 cm³/mol. The fourth-order valence-electron chi connectivity index (χ4n) is 4.18. The molecule has 0 saturated carbocycles. The molecule has 0 bridgehead atoms. The largest absolute Gasteiger partial charge is 0.497 e. The molecule has 5 nitrogen and oxygen atoms in total. The van der Waals surface area contributed by atoms with E-state index >= 15 is 0 Å². The van der Waals surface area contributed by atoms with Crippen LogP contribution < -0.4 is 4.74 Å². The molecular formula is C23H19ClN2O3. The molecule has 0 saturated heterocycles. The van der Waals surface area contributed by atoms with Crippen LogP contribution in [0.2, 0.25) is 5.02 Å². The first-order valence-electron chi connectivity index (χ1n) is 9.34. The van der Waals surface area contributed by atoms with Crippen molar-refractivity contribution in [1.82, 2.24) is 0 Å². The standard InChI is InChI=1S/C23H19ClN2O3/c1-28-15-8-6-13(7-9-15)21-17(12-25)23(26)29-20-11-14(10-19(27)22(20)21)16-4-2-3-5-18(16)24/h2-9,14,17,21,26H,10-11H2,1H3. The molecule has 1 heterocycles. The zero-order chi connectivity index (χ0) is 20.5. The molecule has 1 N–H and O–H groups in total. The van der Waals surface area contributed by atoms with Gasteiger partial charge in [0.25, 0.3) is 0 Å². The minimum absolute atomic E-state index is 0.0651. The maximum atomic E-state index is 13.2. The van der Waals surface area contributed by atoms with Gasteiger partial charge in [-0.1, -0.05) is 41.9 Å². The lowest BCUT2D eigenvalue weighted by atomic mass is 9.71. The molecule has 2 aromatic carbocycles. The maximum absolute atomic E-state index is 13.2. The van der Waals surface area contributed by atoms with Crippen LogP contribution in [0.5, 0.6) is 5.75 Å². The number of ketones is 1. The number of methoxy groups -OCH3 is 1. The van der Waals surface area contributed by atoms with E-state index in [1.807, 2.05) is 30.3 Å².